The van der Waals surface area contributed by atoms with E-state index in [1.165, 1.54) is 0 Å². The van der Waals surface area contributed by atoms with Crippen LogP contribution in [-0.2, 0) is 0 Å². The summed E-state index contributed by atoms with van der Waals surface area (Å²) in [6.07, 6.45) is -5.07. The average Bonchev–Trinajstić information content (AvgIpc) is 1.59. The van der Waals surface area contributed by atoms with Gasteiger partial charge in [-0.05, 0) is 7.05 Å². The number of nitrogens with two attached hydrogens (primary N) is 1. The van der Waals surface area contributed by atoms with Gasteiger partial charge in [0.15, 0.2) is 0 Å². The molecule has 0 heterocycles. The number of alkyl halides is 3. The number of likely N-dealkylation sites (N-methyl/N-ethyl adjacent to an activating group) is 1. The van der Waals surface area contributed by atoms with Crippen molar-refractivity contribution in [2.24, 2.45) is 5.73 Å². The molecule has 1 atom stereocenters. The van der Waals surface area contributed by atoms with E-state index in [9.17, 15) is 13.2 Å². The van der Waals surface area contributed by atoms with Crippen LogP contribution in [0.3, 0.4) is 0 Å². The molecule has 0 aliphatic heterocycles. The van der Waals surface area contributed by atoms with Crippen LogP contribution in [0.25, 0.3) is 0 Å². The Labute approximate surface area is 57.6 Å². The number of hydrogen-bond donors (Lipinski definition) is 2. The van der Waals surface area contributed by atoms with Crippen molar-refractivity contribution < 1.29 is 13.2 Å². The van der Waals surface area contributed by atoms with E-state index < -0.39 is 18.6 Å². The molecule has 0 saturated carbocycles. The molecule has 0 fully saturated rings. The number of nitrogens with one attached hydrogen (secondary N) is 1. The summed E-state index contributed by atoms with van der Waals surface area (Å²) in [6.45, 7) is 0.194. The van der Waals surface area contributed by atoms with E-state index in [-0.39, 0.29) is 6.54 Å². The molecular formula is C5H11F3N2. The fourth-order valence-electron chi connectivity index (χ4n) is 0.632. The van der Waals surface area contributed by atoms with Gasteiger partial charge in [0, 0.05) is 12.6 Å². The predicted molar refractivity (Wildman–Crippen MR) is 32.6 cm³/mol. The third-order valence-corrected chi connectivity index (χ3v) is 0.960. The van der Waals surface area contributed by atoms with Crippen LogP contribution in [0.15, 0.2) is 0 Å². The Hall–Kier alpha value is -0.290. The monoisotopic (exact) mass is 156 g/mol. The minimum Gasteiger partial charge on any atom is -0.326 e. The average molecular weight is 156 g/mol. The maximum Gasteiger partial charge on any atom is 0.390 e. The summed E-state index contributed by atoms with van der Waals surface area (Å²) in [5.41, 5.74) is 5.09. The second-order valence-corrected chi connectivity index (χ2v) is 2.14. The zero-order chi connectivity index (χ0) is 8.20. The fraction of sp³-hybridized carbons (Fsp3) is 1.00. The zero-order valence-electron chi connectivity index (χ0n) is 5.70. The van der Waals surface area contributed by atoms with Crippen molar-refractivity contribution in [2.45, 2.75) is 18.6 Å². The highest BCUT2D eigenvalue weighted by Gasteiger charge is 2.29. The van der Waals surface area contributed by atoms with Gasteiger partial charge in [0.2, 0.25) is 0 Å². The van der Waals surface area contributed by atoms with Crippen LogP contribution in [0.2, 0.25) is 0 Å². The van der Waals surface area contributed by atoms with E-state index in [4.69, 9.17) is 5.73 Å². The van der Waals surface area contributed by atoms with Gasteiger partial charge < -0.3 is 11.1 Å². The first-order chi connectivity index (χ1) is 4.45. The Morgan fingerprint density at radius 1 is 1.50 bits per heavy atom. The number of hydrogen-bond acceptors (Lipinski definition) is 2. The minimum atomic E-state index is -4.14. The van der Waals surface area contributed by atoms with Gasteiger partial charge >= 0.3 is 6.18 Å². The Kier molecular flexibility index (Phi) is 3.67. The van der Waals surface area contributed by atoms with Crippen LogP contribution in [0, 0.1) is 0 Å². The normalized spacial score (nSPS) is 15.3. The topological polar surface area (TPSA) is 38.0 Å². The Morgan fingerprint density at radius 2 is 2.00 bits per heavy atom. The first-order valence-electron chi connectivity index (χ1n) is 2.92. The van der Waals surface area contributed by atoms with E-state index in [0.717, 1.165) is 0 Å². The van der Waals surface area contributed by atoms with E-state index in [1.807, 2.05) is 0 Å². The summed E-state index contributed by atoms with van der Waals surface area (Å²) in [5.74, 6) is 0. The van der Waals surface area contributed by atoms with E-state index in [1.54, 1.807) is 7.05 Å². The van der Waals surface area contributed by atoms with Crippen LogP contribution >= 0.6 is 0 Å². The molecule has 0 rings (SSSR count). The molecule has 0 amide bonds. The lowest BCUT2D eigenvalue weighted by atomic mass is 10.2. The Bertz CT molecular complexity index is 91.4. The first-order valence-corrected chi connectivity index (χ1v) is 2.92. The number of rotatable bonds is 3. The molecule has 0 saturated heterocycles. The van der Waals surface area contributed by atoms with Crippen LogP contribution in [0.1, 0.15) is 6.42 Å². The summed E-state index contributed by atoms with van der Waals surface area (Å²) in [5, 5.41) is 2.57. The van der Waals surface area contributed by atoms with Gasteiger partial charge in [0.05, 0.1) is 6.42 Å². The van der Waals surface area contributed by atoms with Crippen molar-refractivity contribution in [2.75, 3.05) is 13.6 Å². The molecular weight excluding hydrogens is 145 g/mol. The summed E-state index contributed by atoms with van der Waals surface area (Å²) in [4.78, 5) is 0. The van der Waals surface area contributed by atoms with Gasteiger partial charge in [-0.15, -0.1) is 0 Å². The second-order valence-electron chi connectivity index (χ2n) is 2.14. The van der Waals surface area contributed by atoms with Crippen molar-refractivity contribution in [3.8, 4) is 0 Å². The quantitative estimate of drug-likeness (QED) is 0.624. The molecule has 10 heavy (non-hydrogen) atoms. The largest absolute Gasteiger partial charge is 0.390 e. The predicted octanol–water partition coefficient (Wildman–Crippen LogP) is 0.485. The Morgan fingerprint density at radius 3 is 2.30 bits per heavy atom. The van der Waals surface area contributed by atoms with Gasteiger partial charge in [0.1, 0.15) is 0 Å². The highest BCUT2D eigenvalue weighted by atomic mass is 19.4. The minimum absolute atomic E-state index is 0.194. The lowest BCUT2D eigenvalue weighted by molar-refractivity contribution is -0.137. The highest BCUT2D eigenvalue weighted by Crippen LogP contribution is 2.20. The maximum atomic E-state index is 11.5. The van der Waals surface area contributed by atoms with Crippen molar-refractivity contribution >= 4 is 0 Å². The highest BCUT2D eigenvalue weighted by molar-refractivity contribution is 4.67. The molecule has 62 valence electrons. The fourth-order valence-corrected chi connectivity index (χ4v) is 0.632. The summed E-state index contributed by atoms with van der Waals surface area (Å²) in [6, 6.07) is -0.829. The first kappa shape index (κ1) is 9.71. The van der Waals surface area contributed by atoms with Crippen LogP contribution in [0.4, 0.5) is 13.2 Å². The molecule has 0 spiro atoms. The number of halogens is 3. The maximum absolute atomic E-state index is 11.5. The van der Waals surface area contributed by atoms with Gasteiger partial charge in [-0.3, -0.25) is 0 Å². The van der Waals surface area contributed by atoms with Gasteiger partial charge in [-0.2, -0.15) is 13.2 Å². The lowest BCUT2D eigenvalue weighted by Gasteiger charge is -2.12. The Balaban J connectivity index is 3.47. The molecule has 5 heteroatoms. The second kappa shape index (κ2) is 3.78. The van der Waals surface area contributed by atoms with E-state index >= 15 is 0 Å². The molecule has 3 N–H and O–H groups in total. The molecule has 0 aliphatic rings. The van der Waals surface area contributed by atoms with Gasteiger partial charge in [-0.1, -0.05) is 0 Å². The third-order valence-electron chi connectivity index (χ3n) is 0.960. The molecule has 1 unspecified atom stereocenters. The standard InChI is InChI=1S/C5H11F3N2/c1-10-3-4(9)2-5(6,7)8/h4,10H,2-3,9H2,1H3. The summed E-state index contributed by atoms with van der Waals surface area (Å²) >= 11 is 0. The SMILES string of the molecule is CNCC(N)CC(F)(F)F. The molecule has 0 aromatic rings. The van der Waals surface area contributed by atoms with E-state index in [0.29, 0.717) is 0 Å². The van der Waals surface area contributed by atoms with Crippen molar-refractivity contribution in [1.29, 1.82) is 0 Å². The lowest BCUT2D eigenvalue weighted by Crippen LogP contribution is -2.36. The van der Waals surface area contributed by atoms with E-state index in [2.05, 4.69) is 5.32 Å². The zero-order valence-corrected chi connectivity index (χ0v) is 5.70. The van der Waals surface area contributed by atoms with Crippen LogP contribution in [0.5, 0.6) is 0 Å². The van der Waals surface area contributed by atoms with Gasteiger partial charge in [0.25, 0.3) is 0 Å². The van der Waals surface area contributed by atoms with Crippen molar-refractivity contribution in [3.05, 3.63) is 0 Å². The van der Waals surface area contributed by atoms with Gasteiger partial charge in [-0.25, -0.2) is 0 Å². The van der Waals surface area contributed by atoms with Crippen LogP contribution in [-0.4, -0.2) is 25.8 Å². The van der Waals surface area contributed by atoms with Crippen molar-refractivity contribution in [3.63, 3.8) is 0 Å². The third kappa shape index (κ3) is 5.84. The molecule has 0 radical (unpaired) electrons. The summed E-state index contributed by atoms with van der Waals surface area (Å²) in [7, 11) is 1.57. The smallest absolute Gasteiger partial charge is 0.326 e. The van der Waals surface area contributed by atoms with Crippen molar-refractivity contribution in [1.82, 2.24) is 5.32 Å². The molecule has 0 aromatic heterocycles. The molecule has 2 nitrogen and oxygen atoms in total. The molecule has 0 aliphatic carbocycles. The molecule has 0 aromatic carbocycles. The summed E-state index contributed by atoms with van der Waals surface area (Å²) < 4.78 is 34.6. The van der Waals surface area contributed by atoms with Crippen LogP contribution < -0.4 is 11.1 Å². The molecule has 0 bridgehead atoms.